The fourth-order valence-corrected chi connectivity index (χ4v) is 2.26. The van der Waals surface area contributed by atoms with Crippen molar-refractivity contribution in [2.75, 3.05) is 6.54 Å². The smallest absolute Gasteiger partial charge is 0.249 e. The summed E-state index contributed by atoms with van der Waals surface area (Å²) in [6.45, 7) is 2.09. The molecule has 1 fully saturated rings. The maximum absolute atomic E-state index is 13.0. The molecular formula is C12H15F2NO. The first-order valence-corrected chi connectivity index (χ1v) is 5.28. The first-order chi connectivity index (χ1) is 7.47. The van der Waals surface area contributed by atoms with Crippen molar-refractivity contribution >= 4 is 6.08 Å². The van der Waals surface area contributed by atoms with Gasteiger partial charge < -0.3 is 10.2 Å². The first-order valence-electron chi connectivity index (χ1n) is 5.28. The molecule has 4 heteroatoms. The van der Waals surface area contributed by atoms with E-state index < -0.39 is 11.3 Å². The summed E-state index contributed by atoms with van der Waals surface area (Å²) in [6.07, 6.45) is 3.05. The zero-order valence-corrected chi connectivity index (χ0v) is 9.17. The zero-order chi connectivity index (χ0) is 11.8. The van der Waals surface area contributed by atoms with E-state index in [4.69, 9.17) is 10.2 Å². The predicted octanol–water partition coefficient (Wildman–Crippen LogP) is 3.06. The van der Waals surface area contributed by atoms with E-state index in [0.29, 0.717) is 5.76 Å². The minimum atomic E-state index is -2.56. The third-order valence-corrected chi connectivity index (χ3v) is 3.32. The van der Waals surface area contributed by atoms with Crippen LogP contribution in [0.4, 0.5) is 8.78 Å². The van der Waals surface area contributed by atoms with Gasteiger partial charge in [0.1, 0.15) is 5.76 Å². The van der Waals surface area contributed by atoms with Crippen LogP contribution >= 0.6 is 0 Å². The molecule has 0 amide bonds. The fraction of sp³-hybridized carbons (Fsp3) is 0.500. The quantitative estimate of drug-likeness (QED) is 0.861. The van der Waals surface area contributed by atoms with E-state index in [1.165, 1.54) is 0 Å². The molecule has 1 heterocycles. The number of halogens is 2. The zero-order valence-electron chi connectivity index (χ0n) is 9.17. The van der Waals surface area contributed by atoms with Crippen LogP contribution in [0.25, 0.3) is 6.08 Å². The second-order valence-electron chi connectivity index (χ2n) is 4.54. The van der Waals surface area contributed by atoms with Crippen molar-refractivity contribution in [2.45, 2.75) is 25.7 Å². The topological polar surface area (TPSA) is 39.2 Å². The molecule has 1 saturated carbocycles. The summed E-state index contributed by atoms with van der Waals surface area (Å²) < 4.78 is 31.1. The van der Waals surface area contributed by atoms with E-state index in [2.05, 4.69) is 0 Å². The lowest BCUT2D eigenvalue weighted by molar-refractivity contribution is -0.141. The van der Waals surface area contributed by atoms with Crippen molar-refractivity contribution in [1.82, 2.24) is 0 Å². The molecule has 16 heavy (non-hydrogen) atoms. The Hall–Kier alpha value is -1.16. The Kier molecular flexibility index (Phi) is 2.62. The average Bonchev–Trinajstić information content (AvgIpc) is 2.65. The first kappa shape index (κ1) is 11.3. The Morgan fingerprint density at radius 2 is 2.25 bits per heavy atom. The summed E-state index contributed by atoms with van der Waals surface area (Å²) in [4.78, 5) is 0. The van der Waals surface area contributed by atoms with Crippen LogP contribution in [-0.2, 0) is 0 Å². The summed E-state index contributed by atoms with van der Waals surface area (Å²) in [5.41, 5.74) is 5.94. The number of rotatable bonds is 3. The van der Waals surface area contributed by atoms with Crippen LogP contribution < -0.4 is 5.73 Å². The molecule has 1 aliphatic carbocycles. The van der Waals surface area contributed by atoms with Crippen molar-refractivity contribution in [3.63, 3.8) is 0 Å². The van der Waals surface area contributed by atoms with Gasteiger partial charge in [-0.1, -0.05) is 5.57 Å². The van der Waals surface area contributed by atoms with Crippen LogP contribution in [0.5, 0.6) is 0 Å². The molecule has 2 rings (SSSR count). The second-order valence-corrected chi connectivity index (χ2v) is 4.54. The van der Waals surface area contributed by atoms with Gasteiger partial charge in [-0.3, -0.25) is 0 Å². The van der Waals surface area contributed by atoms with Crippen LogP contribution in [0.1, 0.15) is 25.5 Å². The molecular weight excluding hydrogens is 212 g/mol. The number of alkyl halides is 2. The van der Waals surface area contributed by atoms with E-state index in [1.54, 1.807) is 24.5 Å². The molecule has 0 aromatic carbocycles. The largest absolute Gasteiger partial charge is 0.465 e. The van der Waals surface area contributed by atoms with Crippen LogP contribution in [0.15, 0.2) is 28.4 Å². The van der Waals surface area contributed by atoms with Crippen molar-refractivity contribution in [2.24, 2.45) is 11.1 Å². The Morgan fingerprint density at radius 3 is 2.69 bits per heavy atom. The van der Waals surface area contributed by atoms with Crippen LogP contribution in [0, 0.1) is 5.41 Å². The Labute approximate surface area is 93.1 Å². The Bertz CT molecular complexity index is 387. The molecule has 0 radical (unpaired) electrons. The van der Waals surface area contributed by atoms with Crippen LogP contribution in [0.2, 0.25) is 0 Å². The molecule has 1 aliphatic rings. The monoisotopic (exact) mass is 227 g/mol. The molecule has 0 atom stereocenters. The SMILES string of the molecule is C/C(=C\c1ccco1)C1(CN)CC(F)(F)C1. The van der Waals surface area contributed by atoms with Gasteiger partial charge in [0, 0.05) is 24.8 Å². The van der Waals surface area contributed by atoms with Crippen LogP contribution in [0.3, 0.4) is 0 Å². The molecule has 88 valence electrons. The summed E-state index contributed by atoms with van der Waals surface area (Å²) in [6, 6.07) is 3.56. The lowest BCUT2D eigenvalue weighted by Gasteiger charge is -2.47. The lowest BCUT2D eigenvalue weighted by Crippen LogP contribution is -2.51. The fourth-order valence-electron chi connectivity index (χ4n) is 2.26. The Balaban J connectivity index is 2.18. The third kappa shape index (κ3) is 1.89. The molecule has 1 aromatic rings. The molecule has 2 nitrogen and oxygen atoms in total. The van der Waals surface area contributed by atoms with Crippen molar-refractivity contribution in [3.05, 3.63) is 29.7 Å². The van der Waals surface area contributed by atoms with Crippen molar-refractivity contribution < 1.29 is 13.2 Å². The van der Waals surface area contributed by atoms with E-state index in [-0.39, 0.29) is 19.4 Å². The summed E-state index contributed by atoms with van der Waals surface area (Å²) in [5, 5.41) is 0. The normalized spacial score (nSPS) is 22.9. The van der Waals surface area contributed by atoms with Crippen molar-refractivity contribution in [1.29, 1.82) is 0 Å². The van der Waals surface area contributed by atoms with Crippen LogP contribution in [-0.4, -0.2) is 12.5 Å². The standard InChI is InChI=1S/C12H15F2NO/c1-9(5-10-3-2-4-16-10)11(8-15)6-12(13,14)7-11/h2-5H,6-8,15H2,1H3/b9-5+. The highest BCUT2D eigenvalue weighted by molar-refractivity contribution is 5.49. The third-order valence-electron chi connectivity index (χ3n) is 3.32. The van der Waals surface area contributed by atoms with Gasteiger partial charge in [0.15, 0.2) is 0 Å². The molecule has 0 saturated heterocycles. The Morgan fingerprint density at radius 1 is 1.56 bits per heavy atom. The molecule has 1 aromatic heterocycles. The lowest BCUT2D eigenvalue weighted by atomic mass is 9.62. The summed E-state index contributed by atoms with van der Waals surface area (Å²) in [7, 11) is 0. The number of nitrogens with two attached hydrogens (primary N) is 1. The molecule has 0 aliphatic heterocycles. The highest BCUT2D eigenvalue weighted by Gasteiger charge is 2.56. The van der Waals surface area contributed by atoms with Gasteiger partial charge in [-0.15, -0.1) is 0 Å². The van der Waals surface area contributed by atoms with Gasteiger partial charge in [0.05, 0.1) is 6.26 Å². The summed E-state index contributed by atoms with van der Waals surface area (Å²) in [5.74, 6) is -1.88. The summed E-state index contributed by atoms with van der Waals surface area (Å²) >= 11 is 0. The molecule has 0 spiro atoms. The van der Waals surface area contributed by atoms with Gasteiger partial charge in [-0.2, -0.15) is 0 Å². The highest BCUT2D eigenvalue weighted by Crippen LogP contribution is 2.55. The second kappa shape index (κ2) is 3.70. The van der Waals surface area contributed by atoms with Gasteiger partial charge >= 0.3 is 0 Å². The number of furan rings is 1. The minimum absolute atomic E-state index is 0.153. The predicted molar refractivity (Wildman–Crippen MR) is 58.0 cm³/mol. The van der Waals surface area contributed by atoms with E-state index in [0.717, 1.165) is 5.57 Å². The minimum Gasteiger partial charge on any atom is -0.465 e. The molecule has 0 unspecified atom stereocenters. The van der Waals surface area contributed by atoms with Gasteiger partial charge in [-0.05, 0) is 25.1 Å². The van der Waals surface area contributed by atoms with E-state index in [1.807, 2.05) is 6.92 Å². The van der Waals surface area contributed by atoms with Gasteiger partial charge in [0.2, 0.25) is 5.92 Å². The van der Waals surface area contributed by atoms with Crippen molar-refractivity contribution in [3.8, 4) is 0 Å². The molecule has 0 bridgehead atoms. The van der Waals surface area contributed by atoms with Gasteiger partial charge in [0.25, 0.3) is 0 Å². The maximum atomic E-state index is 13.0. The average molecular weight is 227 g/mol. The van der Waals surface area contributed by atoms with E-state index >= 15 is 0 Å². The number of hydrogen-bond acceptors (Lipinski definition) is 2. The highest BCUT2D eigenvalue weighted by atomic mass is 19.3. The van der Waals surface area contributed by atoms with Gasteiger partial charge in [-0.25, -0.2) is 8.78 Å². The molecule has 2 N–H and O–H groups in total. The van der Waals surface area contributed by atoms with E-state index in [9.17, 15) is 8.78 Å². The maximum Gasteiger partial charge on any atom is 0.249 e. The number of hydrogen-bond donors (Lipinski definition) is 1.